The van der Waals surface area contributed by atoms with Crippen molar-refractivity contribution in [1.82, 2.24) is 10.2 Å². The fourth-order valence-corrected chi connectivity index (χ4v) is 2.52. The summed E-state index contributed by atoms with van der Waals surface area (Å²) in [5.74, 6) is -0.205. The summed E-state index contributed by atoms with van der Waals surface area (Å²) in [6, 6.07) is 5.04. The number of carbonyl (C=O) groups excluding carboxylic acids is 1. The fourth-order valence-electron chi connectivity index (χ4n) is 2.09. The molecule has 3 nitrogen and oxygen atoms in total. The molecule has 1 heterocycles. The van der Waals surface area contributed by atoms with Crippen LogP contribution in [0.5, 0.6) is 0 Å². The minimum absolute atomic E-state index is 0.0989. The van der Waals surface area contributed by atoms with E-state index in [-0.39, 0.29) is 11.7 Å². The maximum absolute atomic E-state index is 13.1. The van der Waals surface area contributed by atoms with Crippen molar-refractivity contribution in [3.05, 3.63) is 34.1 Å². The van der Waals surface area contributed by atoms with E-state index in [0.717, 1.165) is 25.2 Å². The largest absolute Gasteiger partial charge is 0.340 e. The number of carbonyl (C=O) groups is 1. The third-order valence-corrected chi connectivity index (χ3v) is 3.67. The number of hydrogen-bond donors (Lipinski definition) is 1. The van der Waals surface area contributed by atoms with Gasteiger partial charge in [0.1, 0.15) is 5.82 Å². The molecule has 0 saturated carbocycles. The molecule has 1 aliphatic heterocycles. The van der Waals surface area contributed by atoms with E-state index in [4.69, 9.17) is 0 Å². The van der Waals surface area contributed by atoms with Crippen molar-refractivity contribution in [1.29, 1.82) is 0 Å². The van der Waals surface area contributed by atoms with Crippen LogP contribution in [0.1, 0.15) is 12.5 Å². The highest BCUT2D eigenvalue weighted by molar-refractivity contribution is 9.10. The Balaban J connectivity index is 2.00. The van der Waals surface area contributed by atoms with Crippen LogP contribution in [-0.4, -0.2) is 36.5 Å². The second-order valence-corrected chi connectivity index (χ2v) is 5.47. The number of hydrogen-bond acceptors (Lipinski definition) is 2. The van der Waals surface area contributed by atoms with Crippen molar-refractivity contribution >= 4 is 21.8 Å². The first-order valence-corrected chi connectivity index (χ1v) is 6.80. The van der Waals surface area contributed by atoms with Gasteiger partial charge in [-0.15, -0.1) is 0 Å². The molecule has 0 aromatic heterocycles. The molecule has 2 rings (SSSR count). The molecule has 5 heteroatoms. The van der Waals surface area contributed by atoms with Crippen LogP contribution in [0.3, 0.4) is 0 Å². The van der Waals surface area contributed by atoms with Crippen molar-refractivity contribution in [2.75, 3.05) is 19.6 Å². The van der Waals surface area contributed by atoms with E-state index >= 15 is 0 Å². The Labute approximate surface area is 114 Å². The number of benzene rings is 1. The van der Waals surface area contributed by atoms with Crippen molar-refractivity contribution in [3.8, 4) is 0 Å². The monoisotopic (exact) mass is 314 g/mol. The zero-order valence-electron chi connectivity index (χ0n) is 10.2. The highest BCUT2D eigenvalue weighted by Crippen LogP contribution is 2.17. The molecule has 0 unspecified atom stereocenters. The molecule has 1 N–H and O–H groups in total. The molecule has 0 aliphatic carbocycles. The molecular weight excluding hydrogens is 299 g/mol. The number of rotatable bonds is 2. The third kappa shape index (κ3) is 3.29. The van der Waals surface area contributed by atoms with Crippen molar-refractivity contribution < 1.29 is 9.18 Å². The number of halogens is 2. The normalized spacial score (nSPS) is 19.9. The van der Waals surface area contributed by atoms with Gasteiger partial charge in [-0.1, -0.05) is 6.07 Å². The predicted octanol–water partition coefficient (Wildman–Crippen LogP) is 1.95. The molecular formula is C13H16BrFN2O. The van der Waals surface area contributed by atoms with Gasteiger partial charge in [-0.05, 0) is 40.5 Å². The zero-order valence-corrected chi connectivity index (χ0v) is 11.8. The molecule has 1 aromatic rings. The van der Waals surface area contributed by atoms with E-state index < -0.39 is 0 Å². The summed E-state index contributed by atoms with van der Waals surface area (Å²) >= 11 is 3.13. The molecule has 98 valence electrons. The minimum Gasteiger partial charge on any atom is -0.340 e. The lowest BCUT2D eigenvalue weighted by atomic mass is 10.1. The lowest BCUT2D eigenvalue weighted by Gasteiger charge is -2.32. The molecule has 0 radical (unpaired) electrons. The van der Waals surface area contributed by atoms with Crippen LogP contribution in [0.15, 0.2) is 22.7 Å². The van der Waals surface area contributed by atoms with Gasteiger partial charge in [-0.3, -0.25) is 4.79 Å². The van der Waals surface area contributed by atoms with Gasteiger partial charge in [0.05, 0.1) is 10.9 Å². The Morgan fingerprint density at radius 1 is 1.61 bits per heavy atom. The van der Waals surface area contributed by atoms with Gasteiger partial charge in [0.15, 0.2) is 0 Å². The third-order valence-electron chi connectivity index (χ3n) is 3.06. The van der Waals surface area contributed by atoms with Gasteiger partial charge in [0, 0.05) is 25.7 Å². The Hall–Kier alpha value is -0.940. The van der Waals surface area contributed by atoms with Crippen molar-refractivity contribution in [3.63, 3.8) is 0 Å². The van der Waals surface area contributed by atoms with Gasteiger partial charge < -0.3 is 10.2 Å². The summed E-state index contributed by atoms with van der Waals surface area (Å²) < 4.78 is 13.5. The topological polar surface area (TPSA) is 32.3 Å². The van der Waals surface area contributed by atoms with Crippen LogP contribution in [0.4, 0.5) is 4.39 Å². The Morgan fingerprint density at radius 2 is 2.39 bits per heavy atom. The van der Waals surface area contributed by atoms with Gasteiger partial charge in [0.25, 0.3) is 0 Å². The molecule has 18 heavy (non-hydrogen) atoms. The second kappa shape index (κ2) is 5.80. The van der Waals surface area contributed by atoms with Crippen LogP contribution in [0.25, 0.3) is 0 Å². The summed E-state index contributed by atoms with van der Waals surface area (Å²) in [6.07, 6.45) is 0.325. The van der Waals surface area contributed by atoms with Gasteiger partial charge >= 0.3 is 0 Å². The highest BCUT2D eigenvalue weighted by atomic mass is 79.9. The number of nitrogens with one attached hydrogen (secondary N) is 1. The summed E-state index contributed by atoms with van der Waals surface area (Å²) in [5, 5.41) is 3.30. The van der Waals surface area contributed by atoms with E-state index in [9.17, 15) is 9.18 Å². The molecule has 1 amide bonds. The molecule has 1 atom stereocenters. The highest BCUT2D eigenvalue weighted by Gasteiger charge is 2.20. The van der Waals surface area contributed by atoms with E-state index in [1.807, 2.05) is 4.90 Å². The summed E-state index contributed by atoms with van der Waals surface area (Å²) in [7, 11) is 0. The van der Waals surface area contributed by atoms with Crippen LogP contribution < -0.4 is 5.32 Å². The average Bonchev–Trinajstić information content (AvgIpc) is 2.34. The summed E-state index contributed by atoms with van der Waals surface area (Å²) in [5.41, 5.74) is 0.833. The first-order chi connectivity index (χ1) is 8.56. The summed E-state index contributed by atoms with van der Waals surface area (Å²) in [4.78, 5) is 14.0. The van der Waals surface area contributed by atoms with Gasteiger partial charge in [0.2, 0.25) is 5.91 Å². The molecule has 1 aromatic carbocycles. The lowest BCUT2D eigenvalue weighted by Crippen LogP contribution is -2.51. The zero-order chi connectivity index (χ0) is 13.1. The van der Waals surface area contributed by atoms with Crippen LogP contribution in [0.2, 0.25) is 0 Å². The summed E-state index contributed by atoms with van der Waals surface area (Å²) in [6.45, 7) is 4.38. The van der Waals surface area contributed by atoms with Crippen molar-refractivity contribution in [2.45, 2.75) is 19.4 Å². The quantitative estimate of drug-likeness (QED) is 0.905. The minimum atomic E-state index is -0.304. The SMILES string of the molecule is C[C@@H]1CN(C(=O)Cc2ccc(F)c(Br)c2)CCN1. The smallest absolute Gasteiger partial charge is 0.227 e. The Kier molecular flexibility index (Phi) is 4.35. The van der Waals surface area contributed by atoms with E-state index in [1.54, 1.807) is 12.1 Å². The molecule has 1 aliphatic rings. The van der Waals surface area contributed by atoms with Crippen molar-refractivity contribution in [2.24, 2.45) is 0 Å². The van der Waals surface area contributed by atoms with Crippen LogP contribution in [-0.2, 0) is 11.2 Å². The standard InChI is InChI=1S/C13H16BrFN2O/c1-9-8-17(5-4-16-9)13(18)7-10-2-3-12(15)11(14)6-10/h2-3,6,9,16H,4-5,7-8H2,1H3/t9-/m1/s1. The van der Waals surface area contributed by atoms with E-state index in [0.29, 0.717) is 16.9 Å². The lowest BCUT2D eigenvalue weighted by molar-refractivity contribution is -0.131. The molecule has 1 fully saturated rings. The maximum Gasteiger partial charge on any atom is 0.227 e. The van der Waals surface area contributed by atoms with Crippen LogP contribution >= 0.6 is 15.9 Å². The first kappa shape index (κ1) is 13.5. The first-order valence-electron chi connectivity index (χ1n) is 6.01. The number of amides is 1. The number of nitrogens with zero attached hydrogens (tertiary/aromatic N) is 1. The van der Waals surface area contributed by atoms with E-state index in [1.165, 1.54) is 6.07 Å². The van der Waals surface area contributed by atoms with E-state index in [2.05, 4.69) is 28.2 Å². The predicted molar refractivity (Wildman–Crippen MR) is 71.8 cm³/mol. The Bertz CT molecular complexity index is 453. The number of piperazine rings is 1. The van der Waals surface area contributed by atoms with Gasteiger partial charge in [-0.2, -0.15) is 0 Å². The van der Waals surface area contributed by atoms with Gasteiger partial charge in [-0.25, -0.2) is 4.39 Å². The molecule has 0 bridgehead atoms. The second-order valence-electron chi connectivity index (χ2n) is 4.62. The molecule has 0 spiro atoms. The Morgan fingerprint density at radius 3 is 3.06 bits per heavy atom. The average molecular weight is 315 g/mol. The maximum atomic E-state index is 13.1. The van der Waals surface area contributed by atoms with Crippen LogP contribution in [0, 0.1) is 5.82 Å². The fraction of sp³-hybridized carbons (Fsp3) is 0.462. The molecule has 1 saturated heterocycles.